The molecule has 1 heterocycles. The standard InChI is InChI=1S/C17H24N4O4S/c1-12-8-16(25-3)17(9-15(12)24-2)26(22,23)20-13-4-6-14(7-5-13)21-11-18-10-19-21/h8-11,13-14,20H,4-7H2,1-3H3. The average Bonchev–Trinajstić information content (AvgIpc) is 3.16. The Morgan fingerprint density at radius 2 is 1.81 bits per heavy atom. The highest BCUT2D eigenvalue weighted by atomic mass is 32.2. The largest absolute Gasteiger partial charge is 0.496 e. The van der Waals surface area contributed by atoms with Gasteiger partial charge in [-0.1, -0.05) is 0 Å². The van der Waals surface area contributed by atoms with Gasteiger partial charge in [-0.25, -0.2) is 22.8 Å². The lowest BCUT2D eigenvalue weighted by Crippen LogP contribution is -2.38. The van der Waals surface area contributed by atoms with Crippen molar-refractivity contribution in [2.75, 3.05) is 14.2 Å². The molecule has 3 rings (SSSR count). The zero-order valence-corrected chi connectivity index (χ0v) is 16.0. The minimum absolute atomic E-state index is 0.0980. The molecule has 1 aromatic carbocycles. The molecular weight excluding hydrogens is 356 g/mol. The van der Waals surface area contributed by atoms with Gasteiger partial charge >= 0.3 is 0 Å². The van der Waals surface area contributed by atoms with Gasteiger partial charge in [-0.3, -0.25) is 0 Å². The minimum atomic E-state index is -3.71. The topological polar surface area (TPSA) is 95.3 Å². The van der Waals surface area contributed by atoms with E-state index >= 15 is 0 Å². The van der Waals surface area contributed by atoms with Crippen LogP contribution in [0, 0.1) is 6.92 Å². The number of benzene rings is 1. The molecule has 1 fully saturated rings. The van der Waals surface area contributed by atoms with Crippen molar-refractivity contribution in [3.05, 3.63) is 30.4 Å². The third-order valence-corrected chi connectivity index (χ3v) is 6.34. The molecule has 1 aromatic heterocycles. The summed E-state index contributed by atoms with van der Waals surface area (Å²) in [4.78, 5) is 4.07. The number of sulfonamides is 1. The fourth-order valence-electron chi connectivity index (χ4n) is 3.38. The molecule has 8 nitrogen and oxygen atoms in total. The fraction of sp³-hybridized carbons (Fsp3) is 0.529. The van der Waals surface area contributed by atoms with Crippen LogP contribution in [0.25, 0.3) is 0 Å². The van der Waals surface area contributed by atoms with Gasteiger partial charge in [0, 0.05) is 12.1 Å². The van der Waals surface area contributed by atoms with Crippen molar-refractivity contribution < 1.29 is 17.9 Å². The molecule has 142 valence electrons. The summed E-state index contributed by atoms with van der Waals surface area (Å²) >= 11 is 0. The number of hydrogen-bond donors (Lipinski definition) is 1. The predicted octanol–water partition coefficient (Wildman–Crippen LogP) is 2.07. The van der Waals surface area contributed by atoms with Crippen LogP contribution in [0.2, 0.25) is 0 Å². The van der Waals surface area contributed by atoms with E-state index in [9.17, 15) is 8.42 Å². The van der Waals surface area contributed by atoms with Gasteiger partial charge in [0.2, 0.25) is 10.0 Å². The Labute approximate surface area is 153 Å². The first-order valence-corrected chi connectivity index (χ1v) is 10.0. The van der Waals surface area contributed by atoms with E-state index < -0.39 is 10.0 Å². The molecule has 0 amide bonds. The highest BCUT2D eigenvalue weighted by Gasteiger charge is 2.29. The first-order chi connectivity index (χ1) is 12.4. The van der Waals surface area contributed by atoms with Gasteiger partial charge in [0.15, 0.2) is 0 Å². The van der Waals surface area contributed by atoms with Crippen molar-refractivity contribution >= 4 is 10.0 Å². The van der Waals surface area contributed by atoms with E-state index in [1.54, 1.807) is 12.4 Å². The van der Waals surface area contributed by atoms with Crippen LogP contribution in [0.4, 0.5) is 0 Å². The molecule has 1 aliphatic rings. The van der Waals surface area contributed by atoms with Crippen LogP contribution in [0.1, 0.15) is 37.3 Å². The summed E-state index contributed by atoms with van der Waals surface area (Å²) in [6.45, 7) is 1.84. The fourth-order valence-corrected chi connectivity index (χ4v) is 4.85. The third-order valence-electron chi connectivity index (χ3n) is 4.80. The summed E-state index contributed by atoms with van der Waals surface area (Å²) in [6, 6.07) is 3.34. The maximum atomic E-state index is 12.9. The number of ether oxygens (including phenoxy) is 2. The summed E-state index contributed by atoms with van der Waals surface area (Å²) < 4.78 is 41.0. The second-order valence-corrected chi connectivity index (χ2v) is 8.16. The minimum Gasteiger partial charge on any atom is -0.496 e. The van der Waals surface area contributed by atoms with E-state index in [2.05, 4.69) is 14.8 Å². The number of methoxy groups -OCH3 is 2. The second kappa shape index (κ2) is 7.63. The van der Waals surface area contributed by atoms with Gasteiger partial charge in [-0.15, -0.1) is 0 Å². The maximum absolute atomic E-state index is 12.9. The van der Waals surface area contributed by atoms with Gasteiger partial charge in [0.05, 0.1) is 20.3 Å². The molecule has 26 heavy (non-hydrogen) atoms. The molecule has 0 aliphatic heterocycles. The second-order valence-electron chi connectivity index (χ2n) is 6.47. The van der Waals surface area contributed by atoms with Crippen molar-refractivity contribution in [3.63, 3.8) is 0 Å². The number of rotatable bonds is 6. The first-order valence-electron chi connectivity index (χ1n) is 8.53. The number of aromatic nitrogens is 3. The monoisotopic (exact) mass is 380 g/mol. The molecule has 1 aliphatic carbocycles. The predicted molar refractivity (Wildman–Crippen MR) is 95.9 cm³/mol. The molecule has 0 atom stereocenters. The summed E-state index contributed by atoms with van der Waals surface area (Å²) in [5.41, 5.74) is 0.816. The van der Waals surface area contributed by atoms with Crippen molar-refractivity contribution in [2.45, 2.75) is 49.6 Å². The maximum Gasteiger partial charge on any atom is 0.244 e. The van der Waals surface area contributed by atoms with E-state index in [1.165, 1.54) is 26.6 Å². The van der Waals surface area contributed by atoms with Crippen LogP contribution in [-0.4, -0.2) is 43.4 Å². The van der Waals surface area contributed by atoms with Gasteiger partial charge in [-0.2, -0.15) is 5.10 Å². The molecule has 1 saturated carbocycles. The van der Waals surface area contributed by atoms with Gasteiger partial charge in [0.25, 0.3) is 0 Å². The van der Waals surface area contributed by atoms with Crippen molar-refractivity contribution in [3.8, 4) is 11.5 Å². The highest BCUT2D eigenvalue weighted by Crippen LogP contribution is 2.33. The van der Waals surface area contributed by atoms with Crippen LogP contribution >= 0.6 is 0 Å². The van der Waals surface area contributed by atoms with Gasteiger partial charge in [0.1, 0.15) is 29.0 Å². The quantitative estimate of drug-likeness (QED) is 0.824. The number of hydrogen-bond acceptors (Lipinski definition) is 6. The van der Waals surface area contributed by atoms with E-state index in [0.717, 1.165) is 31.2 Å². The zero-order chi connectivity index (χ0) is 18.7. The van der Waals surface area contributed by atoms with Crippen LogP contribution in [0.3, 0.4) is 0 Å². The molecule has 0 radical (unpaired) electrons. The van der Waals surface area contributed by atoms with E-state index in [1.807, 2.05) is 11.6 Å². The SMILES string of the molecule is COc1cc(S(=O)(=O)NC2CCC(n3cncn3)CC2)c(OC)cc1C. The van der Waals surface area contributed by atoms with Crippen LogP contribution in [0.15, 0.2) is 29.7 Å². The Morgan fingerprint density at radius 1 is 1.12 bits per heavy atom. The molecule has 2 aromatic rings. The lowest BCUT2D eigenvalue weighted by Gasteiger charge is -2.29. The molecule has 0 spiro atoms. The first kappa shape index (κ1) is 18.7. The lowest BCUT2D eigenvalue weighted by molar-refractivity contribution is 0.293. The van der Waals surface area contributed by atoms with E-state index in [-0.39, 0.29) is 17.0 Å². The normalized spacial score (nSPS) is 20.7. The van der Waals surface area contributed by atoms with E-state index in [4.69, 9.17) is 9.47 Å². The zero-order valence-electron chi connectivity index (χ0n) is 15.2. The summed E-state index contributed by atoms with van der Waals surface area (Å²) in [5, 5.41) is 4.17. The summed E-state index contributed by atoms with van der Waals surface area (Å²) in [5.74, 6) is 0.827. The Hall–Kier alpha value is -2.13. The van der Waals surface area contributed by atoms with Gasteiger partial charge in [-0.05, 0) is 44.2 Å². The molecule has 9 heteroatoms. The Bertz CT molecular complexity index is 844. The third kappa shape index (κ3) is 3.83. The number of nitrogens with zero attached hydrogens (tertiary/aromatic N) is 3. The van der Waals surface area contributed by atoms with Crippen LogP contribution in [-0.2, 0) is 10.0 Å². The Morgan fingerprint density at radius 3 is 2.38 bits per heavy atom. The van der Waals surface area contributed by atoms with Crippen LogP contribution < -0.4 is 14.2 Å². The van der Waals surface area contributed by atoms with E-state index in [0.29, 0.717) is 11.5 Å². The van der Waals surface area contributed by atoms with Crippen molar-refractivity contribution in [1.29, 1.82) is 0 Å². The van der Waals surface area contributed by atoms with Crippen LogP contribution in [0.5, 0.6) is 11.5 Å². The average molecular weight is 380 g/mol. The molecular formula is C17H24N4O4S. The number of nitrogens with one attached hydrogen (secondary N) is 1. The highest BCUT2D eigenvalue weighted by molar-refractivity contribution is 7.89. The summed E-state index contributed by atoms with van der Waals surface area (Å²) in [6.07, 6.45) is 6.42. The molecule has 1 N–H and O–H groups in total. The molecule has 0 unspecified atom stereocenters. The Balaban J connectivity index is 1.74. The lowest BCUT2D eigenvalue weighted by atomic mass is 9.92. The summed E-state index contributed by atoms with van der Waals surface area (Å²) in [7, 11) is -0.733. The molecule has 0 bridgehead atoms. The van der Waals surface area contributed by atoms with Crippen molar-refractivity contribution in [2.24, 2.45) is 0 Å². The van der Waals surface area contributed by atoms with Crippen molar-refractivity contribution in [1.82, 2.24) is 19.5 Å². The van der Waals surface area contributed by atoms with Gasteiger partial charge < -0.3 is 9.47 Å². The smallest absolute Gasteiger partial charge is 0.244 e. The number of aryl methyl sites for hydroxylation is 1. The molecule has 0 saturated heterocycles. The Kier molecular flexibility index (Phi) is 5.47.